The molecule has 5 nitrogen and oxygen atoms in total. The van der Waals surface area contributed by atoms with Crippen LogP contribution in [-0.4, -0.2) is 39.5 Å². The molecule has 1 fully saturated rings. The first kappa shape index (κ1) is 13.3. The largest absolute Gasteiger partial charge is 0.301 e. The summed E-state index contributed by atoms with van der Waals surface area (Å²) in [6.07, 6.45) is 3.33. The number of rotatable bonds is 5. The zero-order valence-corrected chi connectivity index (χ0v) is 12.1. The molecule has 0 amide bonds. The minimum Gasteiger partial charge on any atom is -0.301 e. The van der Waals surface area contributed by atoms with Gasteiger partial charge in [0.25, 0.3) is 0 Å². The van der Waals surface area contributed by atoms with Crippen molar-refractivity contribution in [1.82, 2.24) is 19.9 Å². The third-order valence-corrected chi connectivity index (χ3v) is 4.57. The van der Waals surface area contributed by atoms with E-state index in [9.17, 15) is 0 Å². The van der Waals surface area contributed by atoms with Gasteiger partial charge in [0, 0.05) is 17.8 Å². The second-order valence-corrected chi connectivity index (χ2v) is 6.06. The fraction of sp³-hybridized carbons (Fsp3) is 0.500. The fourth-order valence-electron chi connectivity index (χ4n) is 2.59. The lowest BCUT2D eigenvalue weighted by Gasteiger charge is -2.14. The molecule has 104 valence electrons. The molecule has 2 aromatic rings. The predicted molar refractivity (Wildman–Crippen MR) is 77.5 cm³/mol. The van der Waals surface area contributed by atoms with Gasteiger partial charge in [-0.1, -0.05) is 11.3 Å². The molecule has 0 aliphatic carbocycles. The van der Waals surface area contributed by atoms with Gasteiger partial charge in [-0.3, -0.25) is 0 Å². The standard InChI is InChI=1S/C14H17N5S/c15-11-13-14(10-12-4-3-9-20-12)19(17-16-13)8-7-18-5-1-2-6-18/h3-4,9H,1-2,5-8,10H2. The van der Waals surface area contributed by atoms with E-state index in [4.69, 9.17) is 5.26 Å². The molecule has 0 unspecified atom stereocenters. The average molecular weight is 287 g/mol. The fourth-order valence-corrected chi connectivity index (χ4v) is 3.30. The van der Waals surface area contributed by atoms with Crippen molar-refractivity contribution in [3.8, 4) is 6.07 Å². The summed E-state index contributed by atoms with van der Waals surface area (Å²) in [5, 5.41) is 19.4. The Bertz CT molecular complexity index is 590. The molecular weight excluding hydrogens is 270 g/mol. The normalized spacial score (nSPS) is 15.6. The quantitative estimate of drug-likeness (QED) is 0.842. The van der Waals surface area contributed by atoms with Gasteiger partial charge >= 0.3 is 0 Å². The highest BCUT2D eigenvalue weighted by Crippen LogP contribution is 2.17. The Kier molecular flexibility index (Phi) is 4.09. The maximum atomic E-state index is 9.17. The van der Waals surface area contributed by atoms with Gasteiger partial charge in [-0.25, -0.2) is 4.68 Å². The van der Waals surface area contributed by atoms with E-state index in [2.05, 4.69) is 32.7 Å². The maximum absolute atomic E-state index is 9.17. The van der Waals surface area contributed by atoms with Crippen LogP contribution in [0.2, 0.25) is 0 Å². The highest BCUT2D eigenvalue weighted by atomic mass is 32.1. The molecular formula is C14H17N5S. The summed E-state index contributed by atoms with van der Waals surface area (Å²) in [5.74, 6) is 0. The Morgan fingerprint density at radius 2 is 2.15 bits per heavy atom. The Balaban J connectivity index is 1.73. The van der Waals surface area contributed by atoms with E-state index < -0.39 is 0 Å². The van der Waals surface area contributed by atoms with E-state index in [0.29, 0.717) is 5.69 Å². The zero-order valence-electron chi connectivity index (χ0n) is 11.3. The topological polar surface area (TPSA) is 57.7 Å². The lowest BCUT2D eigenvalue weighted by Crippen LogP contribution is -2.25. The van der Waals surface area contributed by atoms with Gasteiger partial charge in [0.2, 0.25) is 0 Å². The molecule has 0 aromatic carbocycles. The summed E-state index contributed by atoms with van der Waals surface area (Å²) in [5.41, 5.74) is 1.40. The van der Waals surface area contributed by atoms with E-state index in [0.717, 1.165) is 25.2 Å². The SMILES string of the molecule is N#Cc1nnn(CCN2CCCC2)c1Cc1cccs1. The minimum absolute atomic E-state index is 0.458. The van der Waals surface area contributed by atoms with Gasteiger partial charge in [0.15, 0.2) is 5.69 Å². The number of aromatic nitrogens is 3. The molecule has 0 atom stereocenters. The average Bonchev–Trinajstić information content (AvgIpc) is 3.19. The summed E-state index contributed by atoms with van der Waals surface area (Å²) in [6, 6.07) is 6.27. The van der Waals surface area contributed by atoms with E-state index in [-0.39, 0.29) is 0 Å². The molecule has 20 heavy (non-hydrogen) atoms. The Labute approximate surface area is 122 Å². The van der Waals surface area contributed by atoms with Gasteiger partial charge in [-0.05, 0) is 37.4 Å². The summed E-state index contributed by atoms with van der Waals surface area (Å²) in [7, 11) is 0. The van der Waals surface area contributed by atoms with Crippen LogP contribution in [0.15, 0.2) is 17.5 Å². The lowest BCUT2D eigenvalue weighted by molar-refractivity contribution is 0.312. The molecule has 1 saturated heterocycles. The number of thiophene rings is 1. The summed E-state index contributed by atoms with van der Waals surface area (Å²) >= 11 is 1.70. The summed E-state index contributed by atoms with van der Waals surface area (Å²) < 4.78 is 1.90. The highest BCUT2D eigenvalue weighted by Gasteiger charge is 2.16. The monoisotopic (exact) mass is 287 g/mol. The van der Waals surface area contributed by atoms with Crippen LogP contribution in [0.25, 0.3) is 0 Å². The molecule has 0 bridgehead atoms. The van der Waals surface area contributed by atoms with Crippen molar-refractivity contribution >= 4 is 11.3 Å². The molecule has 3 heterocycles. The van der Waals surface area contributed by atoms with Crippen LogP contribution in [-0.2, 0) is 13.0 Å². The first-order valence-corrected chi connectivity index (χ1v) is 7.82. The van der Waals surface area contributed by atoms with E-state index in [1.165, 1.54) is 30.8 Å². The van der Waals surface area contributed by atoms with Gasteiger partial charge in [0.05, 0.1) is 12.2 Å². The first-order chi connectivity index (χ1) is 9.86. The number of hydrogen-bond donors (Lipinski definition) is 0. The molecule has 1 aliphatic rings. The molecule has 0 spiro atoms. The van der Waals surface area contributed by atoms with Gasteiger partial charge in [-0.15, -0.1) is 16.4 Å². The molecule has 0 N–H and O–H groups in total. The van der Waals surface area contributed by atoms with E-state index >= 15 is 0 Å². The van der Waals surface area contributed by atoms with E-state index in [1.807, 2.05) is 10.7 Å². The van der Waals surface area contributed by atoms with Crippen molar-refractivity contribution in [3.05, 3.63) is 33.8 Å². The number of nitriles is 1. The van der Waals surface area contributed by atoms with Crippen molar-refractivity contribution in [1.29, 1.82) is 5.26 Å². The van der Waals surface area contributed by atoms with Crippen molar-refractivity contribution in [2.24, 2.45) is 0 Å². The minimum atomic E-state index is 0.458. The van der Waals surface area contributed by atoms with Crippen LogP contribution < -0.4 is 0 Å². The van der Waals surface area contributed by atoms with E-state index in [1.54, 1.807) is 11.3 Å². The van der Waals surface area contributed by atoms with Crippen LogP contribution in [0.5, 0.6) is 0 Å². The number of hydrogen-bond acceptors (Lipinski definition) is 5. The van der Waals surface area contributed by atoms with Crippen LogP contribution in [0.4, 0.5) is 0 Å². The Morgan fingerprint density at radius 1 is 1.30 bits per heavy atom. The lowest BCUT2D eigenvalue weighted by atomic mass is 10.2. The maximum Gasteiger partial charge on any atom is 0.186 e. The van der Waals surface area contributed by atoms with Crippen molar-refractivity contribution in [2.45, 2.75) is 25.8 Å². The van der Waals surface area contributed by atoms with Crippen LogP contribution in [0, 0.1) is 11.3 Å². The van der Waals surface area contributed by atoms with Gasteiger partial charge < -0.3 is 4.90 Å². The van der Waals surface area contributed by atoms with Crippen LogP contribution in [0.3, 0.4) is 0 Å². The molecule has 3 rings (SSSR count). The number of likely N-dealkylation sites (tertiary alicyclic amines) is 1. The predicted octanol–water partition coefficient (Wildman–Crippen LogP) is 1.90. The third kappa shape index (κ3) is 2.89. The van der Waals surface area contributed by atoms with Crippen LogP contribution in [0.1, 0.15) is 29.1 Å². The second-order valence-electron chi connectivity index (χ2n) is 5.02. The van der Waals surface area contributed by atoms with Crippen LogP contribution >= 0.6 is 11.3 Å². The Morgan fingerprint density at radius 3 is 2.85 bits per heavy atom. The van der Waals surface area contributed by atoms with Crippen molar-refractivity contribution in [2.75, 3.05) is 19.6 Å². The third-order valence-electron chi connectivity index (χ3n) is 3.69. The molecule has 0 radical (unpaired) electrons. The Hall–Kier alpha value is -1.71. The zero-order chi connectivity index (χ0) is 13.8. The van der Waals surface area contributed by atoms with Gasteiger partial charge in [0.1, 0.15) is 6.07 Å². The molecule has 6 heteroatoms. The highest BCUT2D eigenvalue weighted by molar-refractivity contribution is 7.09. The molecule has 2 aromatic heterocycles. The van der Waals surface area contributed by atoms with Gasteiger partial charge in [-0.2, -0.15) is 5.26 Å². The second kappa shape index (κ2) is 6.16. The molecule has 1 aliphatic heterocycles. The van der Waals surface area contributed by atoms with Crippen molar-refractivity contribution in [3.63, 3.8) is 0 Å². The van der Waals surface area contributed by atoms with Crippen molar-refractivity contribution < 1.29 is 0 Å². The first-order valence-electron chi connectivity index (χ1n) is 6.94. The summed E-state index contributed by atoms with van der Waals surface area (Å²) in [6.45, 7) is 4.17. The number of nitrogens with zero attached hydrogens (tertiary/aromatic N) is 5. The summed E-state index contributed by atoms with van der Waals surface area (Å²) in [4.78, 5) is 3.69. The smallest absolute Gasteiger partial charge is 0.186 e. The molecule has 0 saturated carbocycles.